The first-order chi connectivity index (χ1) is 8.38. The molecule has 18 heavy (non-hydrogen) atoms. The number of thiol groups is 1. The van der Waals surface area contributed by atoms with Crippen LogP contribution in [0.3, 0.4) is 0 Å². The number of amides is 1. The van der Waals surface area contributed by atoms with Gasteiger partial charge in [0.05, 0.1) is 6.54 Å². The summed E-state index contributed by atoms with van der Waals surface area (Å²) < 4.78 is 5.08. The predicted molar refractivity (Wildman–Crippen MR) is 74.8 cm³/mol. The number of carbonyl (C=O) groups is 1. The van der Waals surface area contributed by atoms with Crippen LogP contribution in [0.1, 0.15) is 26.3 Å². The largest absolute Gasteiger partial charge is 0.444 e. The molecule has 0 aromatic heterocycles. The Kier molecular flexibility index (Phi) is 5.11. The molecule has 0 atom stereocenters. The third-order valence-corrected chi connectivity index (χ3v) is 2.24. The van der Waals surface area contributed by atoms with Gasteiger partial charge in [-0.15, -0.1) is 12.6 Å². The molecule has 1 aromatic carbocycles. The first-order valence-electron chi connectivity index (χ1n) is 5.62. The normalized spacial score (nSPS) is 10.2. The summed E-state index contributed by atoms with van der Waals surface area (Å²) in [6, 6.07) is 7.54. The van der Waals surface area contributed by atoms with Gasteiger partial charge in [0.1, 0.15) is 5.60 Å². The second kappa shape index (κ2) is 6.36. The summed E-state index contributed by atoms with van der Waals surface area (Å²) in [6.07, 6.45) is -0.462. The Hall–Kier alpha value is -1.60. The van der Waals surface area contributed by atoms with Crippen LogP contribution in [0.2, 0.25) is 0 Å². The maximum absolute atomic E-state index is 11.3. The molecule has 1 rings (SSSR count). The van der Waals surface area contributed by atoms with E-state index in [1.807, 2.05) is 45.0 Å². The van der Waals surface area contributed by atoms with Crippen LogP contribution >= 0.6 is 12.6 Å². The summed E-state index contributed by atoms with van der Waals surface area (Å²) in [5.41, 5.74) is 0.349. The van der Waals surface area contributed by atoms with Crippen molar-refractivity contribution in [2.75, 3.05) is 6.54 Å². The van der Waals surface area contributed by atoms with E-state index in [1.54, 1.807) is 0 Å². The van der Waals surface area contributed by atoms with Crippen LogP contribution in [0.5, 0.6) is 0 Å². The molecule has 1 amide bonds. The average Bonchev–Trinajstić information content (AvgIpc) is 2.24. The molecule has 0 spiro atoms. The number of alkyl carbamates (subject to hydrolysis) is 1. The highest BCUT2D eigenvalue weighted by molar-refractivity contribution is 7.80. The molecule has 0 saturated carbocycles. The van der Waals surface area contributed by atoms with Crippen LogP contribution < -0.4 is 5.32 Å². The van der Waals surface area contributed by atoms with Crippen molar-refractivity contribution in [2.45, 2.75) is 31.3 Å². The van der Waals surface area contributed by atoms with Gasteiger partial charge < -0.3 is 10.1 Å². The third kappa shape index (κ3) is 5.65. The van der Waals surface area contributed by atoms with Crippen molar-refractivity contribution in [3.63, 3.8) is 0 Å². The van der Waals surface area contributed by atoms with E-state index >= 15 is 0 Å². The van der Waals surface area contributed by atoms with Gasteiger partial charge in [-0.2, -0.15) is 0 Å². The Morgan fingerprint density at radius 1 is 1.39 bits per heavy atom. The van der Waals surface area contributed by atoms with Gasteiger partial charge in [-0.1, -0.05) is 24.0 Å². The monoisotopic (exact) mass is 263 g/mol. The highest BCUT2D eigenvalue weighted by atomic mass is 32.1. The summed E-state index contributed by atoms with van der Waals surface area (Å²) in [4.78, 5) is 12.1. The zero-order valence-electron chi connectivity index (χ0n) is 10.8. The van der Waals surface area contributed by atoms with Crippen molar-refractivity contribution >= 4 is 18.7 Å². The van der Waals surface area contributed by atoms with Gasteiger partial charge in [0.2, 0.25) is 0 Å². The average molecular weight is 263 g/mol. The summed E-state index contributed by atoms with van der Waals surface area (Å²) in [7, 11) is 0. The van der Waals surface area contributed by atoms with E-state index in [-0.39, 0.29) is 6.54 Å². The van der Waals surface area contributed by atoms with Crippen LogP contribution in [-0.2, 0) is 4.74 Å². The van der Waals surface area contributed by atoms with Gasteiger partial charge in [0.25, 0.3) is 0 Å². The van der Waals surface area contributed by atoms with Crippen molar-refractivity contribution < 1.29 is 9.53 Å². The SMILES string of the molecule is CC(C)(C)OC(=O)NCC#Cc1ccccc1S. The second-order valence-corrected chi connectivity index (χ2v) is 5.16. The third-order valence-electron chi connectivity index (χ3n) is 1.85. The van der Waals surface area contributed by atoms with Crippen LogP contribution in [0.15, 0.2) is 29.2 Å². The Balaban J connectivity index is 2.44. The maximum atomic E-state index is 11.3. The minimum Gasteiger partial charge on any atom is -0.444 e. The fraction of sp³-hybridized carbons (Fsp3) is 0.357. The molecule has 4 heteroatoms. The number of hydrogen-bond acceptors (Lipinski definition) is 3. The summed E-state index contributed by atoms with van der Waals surface area (Å²) in [5, 5.41) is 2.57. The number of hydrogen-bond donors (Lipinski definition) is 2. The number of rotatable bonds is 1. The Bertz CT molecular complexity index is 481. The van der Waals surface area contributed by atoms with E-state index in [4.69, 9.17) is 4.74 Å². The van der Waals surface area contributed by atoms with Gasteiger partial charge >= 0.3 is 6.09 Å². The molecule has 1 N–H and O–H groups in total. The number of carbonyl (C=O) groups excluding carboxylic acids is 1. The molecule has 96 valence electrons. The topological polar surface area (TPSA) is 38.3 Å². The van der Waals surface area contributed by atoms with Crippen molar-refractivity contribution in [1.29, 1.82) is 0 Å². The molecule has 1 aromatic rings. The van der Waals surface area contributed by atoms with Crippen molar-refractivity contribution in [2.24, 2.45) is 0 Å². The first kappa shape index (κ1) is 14.5. The van der Waals surface area contributed by atoms with E-state index in [9.17, 15) is 4.79 Å². The molecular weight excluding hydrogens is 246 g/mol. The molecule has 0 aliphatic heterocycles. The highest BCUT2D eigenvalue weighted by Crippen LogP contribution is 2.10. The van der Waals surface area contributed by atoms with E-state index in [0.717, 1.165) is 10.5 Å². The molecule has 0 saturated heterocycles. The van der Waals surface area contributed by atoms with Crippen LogP contribution in [0.25, 0.3) is 0 Å². The molecule has 0 heterocycles. The molecule has 0 fully saturated rings. The zero-order chi connectivity index (χ0) is 13.6. The molecule has 0 unspecified atom stereocenters. The predicted octanol–water partition coefficient (Wildman–Crippen LogP) is 2.85. The standard InChI is InChI=1S/C14H17NO2S/c1-14(2,3)17-13(16)15-10-6-8-11-7-4-5-9-12(11)18/h4-5,7,9,18H,10H2,1-3H3,(H,15,16). The summed E-state index contributed by atoms with van der Waals surface area (Å²) in [6.45, 7) is 5.69. The summed E-state index contributed by atoms with van der Waals surface area (Å²) in [5.74, 6) is 5.78. The van der Waals surface area contributed by atoms with Crippen LogP contribution in [0.4, 0.5) is 4.79 Å². The molecule has 0 aliphatic rings. The Morgan fingerprint density at radius 2 is 2.06 bits per heavy atom. The van der Waals surface area contributed by atoms with E-state index < -0.39 is 11.7 Å². The molecule has 3 nitrogen and oxygen atoms in total. The van der Waals surface area contributed by atoms with Crippen LogP contribution in [0, 0.1) is 11.8 Å². The minimum atomic E-state index is -0.491. The molecule has 0 aliphatic carbocycles. The van der Waals surface area contributed by atoms with Gasteiger partial charge in [0.15, 0.2) is 0 Å². The van der Waals surface area contributed by atoms with Gasteiger partial charge in [-0.3, -0.25) is 0 Å². The molecule has 0 bridgehead atoms. The van der Waals surface area contributed by atoms with Gasteiger partial charge in [-0.05, 0) is 32.9 Å². The summed E-state index contributed by atoms with van der Waals surface area (Å²) >= 11 is 4.28. The van der Waals surface area contributed by atoms with Crippen molar-refractivity contribution in [3.05, 3.63) is 29.8 Å². The number of ether oxygens (including phenoxy) is 1. The van der Waals surface area contributed by atoms with Gasteiger partial charge in [-0.25, -0.2) is 4.79 Å². The van der Waals surface area contributed by atoms with E-state index in [0.29, 0.717) is 0 Å². The lowest BCUT2D eigenvalue weighted by molar-refractivity contribution is 0.0535. The lowest BCUT2D eigenvalue weighted by Crippen LogP contribution is -2.32. The highest BCUT2D eigenvalue weighted by Gasteiger charge is 2.14. The maximum Gasteiger partial charge on any atom is 0.408 e. The fourth-order valence-electron chi connectivity index (χ4n) is 1.15. The molecule has 0 radical (unpaired) electrons. The van der Waals surface area contributed by atoms with Crippen LogP contribution in [-0.4, -0.2) is 18.2 Å². The van der Waals surface area contributed by atoms with E-state index in [2.05, 4.69) is 29.8 Å². The molecular formula is C14H17NO2S. The van der Waals surface area contributed by atoms with Crippen molar-refractivity contribution in [3.8, 4) is 11.8 Å². The minimum absolute atomic E-state index is 0.247. The smallest absolute Gasteiger partial charge is 0.408 e. The number of benzene rings is 1. The second-order valence-electron chi connectivity index (χ2n) is 4.67. The van der Waals surface area contributed by atoms with Crippen molar-refractivity contribution in [1.82, 2.24) is 5.32 Å². The fourth-order valence-corrected chi connectivity index (χ4v) is 1.37. The lowest BCUT2D eigenvalue weighted by atomic mass is 10.2. The zero-order valence-corrected chi connectivity index (χ0v) is 11.7. The quantitative estimate of drug-likeness (QED) is 0.604. The van der Waals surface area contributed by atoms with Gasteiger partial charge in [0, 0.05) is 10.5 Å². The first-order valence-corrected chi connectivity index (χ1v) is 6.07. The van der Waals surface area contributed by atoms with E-state index in [1.165, 1.54) is 0 Å². The Morgan fingerprint density at radius 3 is 2.67 bits per heavy atom. The number of nitrogens with one attached hydrogen (secondary N) is 1. The Labute approximate surface area is 113 Å². The lowest BCUT2D eigenvalue weighted by Gasteiger charge is -2.19.